The molecule has 1 fully saturated rings. The van der Waals surface area contributed by atoms with Crippen LogP contribution in [0, 0.1) is 0 Å². The molecular weight excluding hydrogens is 202 g/mol. The number of nitrogens with one attached hydrogen (secondary N) is 2. The summed E-state index contributed by atoms with van der Waals surface area (Å²) in [4.78, 5) is 12.0. The Bertz CT molecular complexity index is 377. The van der Waals surface area contributed by atoms with E-state index in [0.717, 1.165) is 24.9 Å². The molecule has 88 valence electrons. The zero-order chi connectivity index (χ0) is 11.6. The SMILES string of the molecule is Cn1ccc(CNC(=O)C2(C)CCCN2)c1. The van der Waals surface area contributed by atoms with Crippen LogP contribution in [0.1, 0.15) is 25.3 Å². The van der Waals surface area contributed by atoms with E-state index in [2.05, 4.69) is 10.6 Å². The number of aromatic nitrogens is 1. The number of hydrogen-bond acceptors (Lipinski definition) is 2. The van der Waals surface area contributed by atoms with Crippen molar-refractivity contribution in [3.63, 3.8) is 0 Å². The van der Waals surface area contributed by atoms with Crippen LogP contribution in [0.3, 0.4) is 0 Å². The van der Waals surface area contributed by atoms with Crippen molar-refractivity contribution in [2.45, 2.75) is 31.8 Å². The standard InChI is InChI=1S/C12H19N3O/c1-12(5-3-6-14-12)11(16)13-8-10-4-7-15(2)9-10/h4,7,9,14H,3,5-6,8H2,1-2H3,(H,13,16). The zero-order valence-corrected chi connectivity index (χ0v) is 9.92. The van der Waals surface area contributed by atoms with Crippen LogP contribution in [0.25, 0.3) is 0 Å². The fourth-order valence-electron chi connectivity index (χ4n) is 2.13. The highest BCUT2D eigenvalue weighted by atomic mass is 16.2. The van der Waals surface area contributed by atoms with Crippen molar-refractivity contribution >= 4 is 5.91 Å². The third kappa shape index (κ3) is 2.27. The van der Waals surface area contributed by atoms with Gasteiger partial charge in [-0.1, -0.05) is 0 Å². The van der Waals surface area contributed by atoms with Gasteiger partial charge in [-0.2, -0.15) is 0 Å². The second-order valence-electron chi connectivity index (χ2n) is 4.73. The molecule has 0 bridgehead atoms. The molecule has 0 saturated carbocycles. The second-order valence-corrected chi connectivity index (χ2v) is 4.73. The van der Waals surface area contributed by atoms with Gasteiger partial charge in [0.2, 0.25) is 5.91 Å². The molecule has 2 heterocycles. The number of nitrogens with zero attached hydrogens (tertiary/aromatic N) is 1. The first-order chi connectivity index (χ1) is 7.60. The molecule has 1 aromatic heterocycles. The fraction of sp³-hybridized carbons (Fsp3) is 0.583. The van der Waals surface area contributed by atoms with Crippen LogP contribution >= 0.6 is 0 Å². The van der Waals surface area contributed by atoms with Gasteiger partial charge in [-0.15, -0.1) is 0 Å². The molecule has 1 aromatic rings. The molecule has 1 unspecified atom stereocenters. The Hall–Kier alpha value is -1.29. The smallest absolute Gasteiger partial charge is 0.240 e. The number of aryl methyl sites for hydroxylation is 1. The van der Waals surface area contributed by atoms with E-state index in [1.807, 2.05) is 37.0 Å². The van der Waals surface area contributed by atoms with Crippen molar-refractivity contribution in [2.24, 2.45) is 7.05 Å². The van der Waals surface area contributed by atoms with Gasteiger partial charge in [0.1, 0.15) is 0 Å². The van der Waals surface area contributed by atoms with Gasteiger partial charge in [-0.05, 0) is 37.9 Å². The van der Waals surface area contributed by atoms with Crippen LogP contribution in [0.4, 0.5) is 0 Å². The third-order valence-electron chi connectivity index (χ3n) is 3.22. The Morgan fingerprint density at radius 2 is 2.50 bits per heavy atom. The number of amides is 1. The normalized spacial score (nSPS) is 24.6. The van der Waals surface area contributed by atoms with Gasteiger partial charge in [0, 0.05) is 26.0 Å². The van der Waals surface area contributed by atoms with Gasteiger partial charge in [0.15, 0.2) is 0 Å². The Kier molecular flexibility index (Phi) is 3.01. The molecule has 0 radical (unpaired) electrons. The molecule has 16 heavy (non-hydrogen) atoms. The first kappa shape index (κ1) is 11.2. The maximum atomic E-state index is 12.0. The van der Waals surface area contributed by atoms with E-state index in [0.29, 0.717) is 6.54 Å². The molecule has 1 amide bonds. The van der Waals surface area contributed by atoms with Crippen LogP contribution in [-0.4, -0.2) is 22.6 Å². The summed E-state index contributed by atoms with van der Waals surface area (Å²) in [5.74, 6) is 0.105. The molecule has 2 rings (SSSR count). The lowest BCUT2D eigenvalue weighted by molar-refractivity contribution is -0.126. The van der Waals surface area contributed by atoms with Gasteiger partial charge in [-0.3, -0.25) is 4.79 Å². The van der Waals surface area contributed by atoms with E-state index < -0.39 is 0 Å². The first-order valence-electron chi connectivity index (χ1n) is 5.74. The third-order valence-corrected chi connectivity index (χ3v) is 3.22. The van der Waals surface area contributed by atoms with Crippen LogP contribution in [0.15, 0.2) is 18.5 Å². The van der Waals surface area contributed by atoms with Crippen LogP contribution in [0.2, 0.25) is 0 Å². The minimum absolute atomic E-state index is 0.105. The summed E-state index contributed by atoms with van der Waals surface area (Å²) >= 11 is 0. The minimum atomic E-state index is -0.366. The molecule has 4 nitrogen and oxygen atoms in total. The van der Waals surface area contributed by atoms with Crippen molar-refractivity contribution < 1.29 is 4.79 Å². The maximum Gasteiger partial charge on any atom is 0.240 e. The van der Waals surface area contributed by atoms with E-state index in [4.69, 9.17) is 0 Å². The second kappa shape index (κ2) is 4.29. The van der Waals surface area contributed by atoms with E-state index in [1.165, 1.54) is 0 Å². The van der Waals surface area contributed by atoms with E-state index >= 15 is 0 Å². The quantitative estimate of drug-likeness (QED) is 0.792. The van der Waals surface area contributed by atoms with Crippen molar-refractivity contribution in [1.29, 1.82) is 0 Å². The molecule has 1 aliphatic rings. The lowest BCUT2D eigenvalue weighted by atomic mass is 9.99. The highest BCUT2D eigenvalue weighted by molar-refractivity contribution is 5.86. The predicted molar refractivity (Wildman–Crippen MR) is 62.9 cm³/mol. The molecule has 4 heteroatoms. The summed E-state index contributed by atoms with van der Waals surface area (Å²) in [5, 5.41) is 6.24. The number of hydrogen-bond donors (Lipinski definition) is 2. The molecule has 2 N–H and O–H groups in total. The Morgan fingerprint density at radius 1 is 1.69 bits per heavy atom. The average Bonchev–Trinajstić information content (AvgIpc) is 2.85. The van der Waals surface area contributed by atoms with Crippen LogP contribution in [0.5, 0.6) is 0 Å². The van der Waals surface area contributed by atoms with Crippen molar-refractivity contribution in [3.8, 4) is 0 Å². The number of carbonyl (C=O) groups is 1. The summed E-state index contributed by atoms with van der Waals surface area (Å²) in [7, 11) is 1.98. The van der Waals surface area contributed by atoms with Gasteiger partial charge in [0.05, 0.1) is 5.54 Å². The van der Waals surface area contributed by atoms with Gasteiger partial charge >= 0.3 is 0 Å². The number of rotatable bonds is 3. The summed E-state index contributed by atoms with van der Waals surface area (Å²) in [6.07, 6.45) is 6.00. The Morgan fingerprint density at radius 3 is 3.06 bits per heavy atom. The average molecular weight is 221 g/mol. The van der Waals surface area contributed by atoms with Crippen molar-refractivity contribution in [2.75, 3.05) is 6.54 Å². The molecule has 1 atom stereocenters. The van der Waals surface area contributed by atoms with E-state index in [-0.39, 0.29) is 11.4 Å². The summed E-state index contributed by atoms with van der Waals surface area (Å²) in [6.45, 7) is 3.52. The van der Waals surface area contributed by atoms with Crippen molar-refractivity contribution in [3.05, 3.63) is 24.0 Å². The van der Waals surface area contributed by atoms with E-state index in [9.17, 15) is 4.79 Å². The van der Waals surface area contributed by atoms with E-state index in [1.54, 1.807) is 0 Å². The monoisotopic (exact) mass is 221 g/mol. The lowest BCUT2D eigenvalue weighted by Crippen LogP contribution is -2.50. The Balaban J connectivity index is 1.88. The maximum absolute atomic E-state index is 12.0. The highest BCUT2D eigenvalue weighted by Gasteiger charge is 2.35. The number of carbonyl (C=O) groups excluding carboxylic acids is 1. The van der Waals surface area contributed by atoms with Gasteiger partial charge < -0.3 is 15.2 Å². The topological polar surface area (TPSA) is 46.1 Å². The molecule has 0 aliphatic carbocycles. The Labute approximate surface area is 96.0 Å². The molecule has 0 aromatic carbocycles. The fourth-order valence-corrected chi connectivity index (χ4v) is 2.13. The molecular formula is C12H19N3O. The summed E-state index contributed by atoms with van der Waals surface area (Å²) < 4.78 is 1.98. The van der Waals surface area contributed by atoms with Gasteiger partial charge in [0.25, 0.3) is 0 Å². The summed E-state index contributed by atoms with van der Waals surface area (Å²) in [6, 6.07) is 2.02. The lowest BCUT2D eigenvalue weighted by Gasteiger charge is -2.22. The van der Waals surface area contributed by atoms with Crippen LogP contribution in [-0.2, 0) is 18.4 Å². The van der Waals surface area contributed by atoms with Crippen molar-refractivity contribution in [1.82, 2.24) is 15.2 Å². The molecule has 0 spiro atoms. The molecule has 1 aliphatic heterocycles. The predicted octanol–water partition coefficient (Wildman–Crippen LogP) is 0.783. The zero-order valence-electron chi connectivity index (χ0n) is 9.92. The molecule has 1 saturated heterocycles. The largest absolute Gasteiger partial charge is 0.357 e. The highest BCUT2D eigenvalue weighted by Crippen LogP contribution is 2.18. The summed E-state index contributed by atoms with van der Waals surface area (Å²) in [5.41, 5.74) is 0.770. The first-order valence-corrected chi connectivity index (χ1v) is 5.74. The minimum Gasteiger partial charge on any atom is -0.357 e. The van der Waals surface area contributed by atoms with Gasteiger partial charge in [-0.25, -0.2) is 0 Å². The van der Waals surface area contributed by atoms with Crippen LogP contribution < -0.4 is 10.6 Å².